The summed E-state index contributed by atoms with van der Waals surface area (Å²) < 4.78 is 40.1. The molecule has 4 rings (SSSR count). The highest BCUT2D eigenvalue weighted by Crippen LogP contribution is 2.27. The number of aromatic nitrogens is 2. The summed E-state index contributed by atoms with van der Waals surface area (Å²) in [4.78, 5) is 9.13. The van der Waals surface area contributed by atoms with Gasteiger partial charge in [-0.3, -0.25) is 4.72 Å². The lowest BCUT2D eigenvalue weighted by molar-refractivity contribution is 0.107. The van der Waals surface area contributed by atoms with Crippen molar-refractivity contribution in [2.45, 2.75) is 24.8 Å². The summed E-state index contributed by atoms with van der Waals surface area (Å²) in [5.74, 6) is 0.191. The molecule has 0 radical (unpaired) electrons. The van der Waals surface area contributed by atoms with E-state index in [2.05, 4.69) is 14.7 Å². The predicted molar refractivity (Wildman–Crippen MR) is 128 cm³/mol. The first-order valence-corrected chi connectivity index (χ1v) is 12.1. The van der Waals surface area contributed by atoms with Gasteiger partial charge in [-0.05, 0) is 36.2 Å². The lowest BCUT2D eigenvalue weighted by Gasteiger charge is -2.14. The van der Waals surface area contributed by atoms with E-state index in [1.807, 2.05) is 42.5 Å². The fourth-order valence-electron chi connectivity index (χ4n) is 3.29. The Balaban J connectivity index is 1.46. The van der Waals surface area contributed by atoms with E-state index in [9.17, 15) is 8.42 Å². The molecule has 7 nitrogen and oxygen atoms in total. The van der Waals surface area contributed by atoms with E-state index in [-0.39, 0.29) is 16.6 Å². The largest absolute Gasteiger partial charge is 0.475 e. The summed E-state index contributed by atoms with van der Waals surface area (Å²) in [6.45, 7) is 3.08. The fraction of sp³-hybridized carbons (Fsp3) is 0.200. The zero-order chi connectivity index (χ0) is 23.1. The Hall–Kier alpha value is -3.49. The van der Waals surface area contributed by atoms with Crippen molar-refractivity contribution < 1.29 is 17.9 Å². The minimum atomic E-state index is -3.86. The number of ether oxygens (including phenoxy) is 2. The summed E-state index contributed by atoms with van der Waals surface area (Å²) in [5, 5.41) is 0. The third-order valence-corrected chi connectivity index (χ3v) is 6.44. The first-order valence-electron chi connectivity index (χ1n) is 10.6. The van der Waals surface area contributed by atoms with Gasteiger partial charge in [0.25, 0.3) is 15.9 Å². The van der Waals surface area contributed by atoms with Crippen molar-refractivity contribution in [3.63, 3.8) is 0 Å². The van der Waals surface area contributed by atoms with Crippen LogP contribution in [0.4, 0.5) is 5.82 Å². The molecule has 0 fully saturated rings. The van der Waals surface area contributed by atoms with Crippen LogP contribution in [0.25, 0.3) is 11.0 Å². The van der Waals surface area contributed by atoms with Gasteiger partial charge in [0.05, 0.1) is 35.7 Å². The van der Waals surface area contributed by atoms with Crippen molar-refractivity contribution in [1.29, 1.82) is 0 Å². The SMILES string of the molecule is Cc1ccccc1S(=O)(=O)Nc1nc2ccccc2nc1OCCCOCc1ccccc1. The van der Waals surface area contributed by atoms with E-state index < -0.39 is 10.0 Å². The molecule has 0 saturated carbocycles. The van der Waals surface area contributed by atoms with Crippen LogP contribution < -0.4 is 9.46 Å². The summed E-state index contributed by atoms with van der Waals surface area (Å²) in [5.41, 5.74) is 2.92. The van der Waals surface area contributed by atoms with Gasteiger partial charge in [0, 0.05) is 6.42 Å². The molecule has 33 heavy (non-hydrogen) atoms. The number of aryl methyl sites for hydroxylation is 1. The van der Waals surface area contributed by atoms with Crippen LogP contribution in [0.15, 0.2) is 83.8 Å². The molecule has 1 aromatic heterocycles. The average Bonchev–Trinajstić information content (AvgIpc) is 2.82. The van der Waals surface area contributed by atoms with Crippen molar-refractivity contribution in [2.24, 2.45) is 0 Å². The molecule has 0 aliphatic rings. The number of anilines is 1. The molecule has 0 saturated heterocycles. The number of hydrogen-bond donors (Lipinski definition) is 1. The Morgan fingerprint density at radius 3 is 2.24 bits per heavy atom. The molecular formula is C25H25N3O4S. The monoisotopic (exact) mass is 463 g/mol. The zero-order valence-electron chi connectivity index (χ0n) is 18.3. The number of sulfonamides is 1. The summed E-state index contributed by atoms with van der Waals surface area (Å²) in [7, 11) is -3.86. The van der Waals surface area contributed by atoms with Gasteiger partial charge in [0.15, 0.2) is 0 Å². The number of hydrogen-bond acceptors (Lipinski definition) is 6. The molecule has 0 unspecified atom stereocenters. The van der Waals surface area contributed by atoms with Gasteiger partial charge in [-0.15, -0.1) is 0 Å². The molecule has 3 aromatic carbocycles. The van der Waals surface area contributed by atoms with E-state index in [4.69, 9.17) is 9.47 Å². The van der Waals surface area contributed by atoms with E-state index in [1.165, 1.54) is 0 Å². The van der Waals surface area contributed by atoms with Gasteiger partial charge in [-0.1, -0.05) is 60.7 Å². The van der Waals surface area contributed by atoms with Crippen LogP contribution in [0.1, 0.15) is 17.5 Å². The Morgan fingerprint density at radius 1 is 0.818 bits per heavy atom. The number of nitrogens with zero attached hydrogens (tertiary/aromatic N) is 2. The lowest BCUT2D eigenvalue weighted by Crippen LogP contribution is -2.17. The molecule has 0 amide bonds. The van der Waals surface area contributed by atoms with Crippen LogP contribution in [0.2, 0.25) is 0 Å². The Morgan fingerprint density at radius 2 is 1.48 bits per heavy atom. The molecular weight excluding hydrogens is 438 g/mol. The standard InChI is InChI=1S/C25H25N3O4S/c1-19-10-5-8-15-23(19)33(29,30)28-24-25(27-22-14-7-6-13-21(22)26-24)32-17-9-16-31-18-20-11-3-2-4-12-20/h2-8,10-15H,9,16-18H2,1H3,(H,26,28). The maximum atomic E-state index is 13.0. The maximum Gasteiger partial charge on any atom is 0.263 e. The van der Waals surface area contributed by atoms with E-state index >= 15 is 0 Å². The molecule has 0 bridgehead atoms. The third-order valence-electron chi connectivity index (χ3n) is 4.94. The third kappa shape index (κ3) is 5.85. The van der Waals surface area contributed by atoms with Crippen LogP contribution in [0.3, 0.4) is 0 Å². The zero-order valence-corrected chi connectivity index (χ0v) is 19.1. The molecule has 0 aliphatic carbocycles. The van der Waals surface area contributed by atoms with Gasteiger partial charge in [-0.2, -0.15) is 0 Å². The molecule has 0 atom stereocenters. The molecule has 0 spiro atoms. The minimum Gasteiger partial charge on any atom is -0.475 e. The summed E-state index contributed by atoms with van der Waals surface area (Å²) in [6.07, 6.45) is 0.616. The van der Waals surface area contributed by atoms with Gasteiger partial charge in [0.1, 0.15) is 0 Å². The Labute approximate surface area is 193 Å². The topological polar surface area (TPSA) is 90.4 Å². The van der Waals surface area contributed by atoms with Crippen LogP contribution in [-0.4, -0.2) is 31.6 Å². The van der Waals surface area contributed by atoms with Crippen LogP contribution >= 0.6 is 0 Å². The van der Waals surface area contributed by atoms with Crippen molar-refractivity contribution >= 4 is 26.9 Å². The van der Waals surface area contributed by atoms with Crippen molar-refractivity contribution in [3.05, 3.63) is 90.0 Å². The Kier molecular flexibility index (Phi) is 7.16. The normalized spacial score (nSPS) is 11.4. The van der Waals surface area contributed by atoms with Crippen molar-refractivity contribution in [1.82, 2.24) is 9.97 Å². The maximum absolute atomic E-state index is 13.0. The first-order chi connectivity index (χ1) is 16.0. The van der Waals surface area contributed by atoms with E-state index in [1.54, 1.807) is 43.3 Å². The summed E-state index contributed by atoms with van der Waals surface area (Å²) >= 11 is 0. The Bertz CT molecular complexity index is 1330. The van der Waals surface area contributed by atoms with E-state index in [0.29, 0.717) is 42.8 Å². The van der Waals surface area contributed by atoms with E-state index in [0.717, 1.165) is 5.56 Å². The number of benzene rings is 3. The number of para-hydroxylation sites is 2. The highest BCUT2D eigenvalue weighted by molar-refractivity contribution is 7.92. The highest BCUT2D eigenvalue weighted by Gasteiger charge is 2.21. The smallest absolute Gasteiger partial charge is 0.263 e. The molecule has 170 valence electrons. The van der Waals surface area contributed by atoms with Gasteiger partial charge in [0.2, 0.25) is 5.82 Å². The summed E-state index contributed by atoms with van der Waals surface area (Å²) in [6, 6.07) is 23.9. The molecule has 1 heterocycles. The van der Waals surface area contributed by atoms with Crippen LogP contribution in [0, 0.1) is 6.92 Å². The molecule has 1 N–H and O–H groups in total. The average molecular weight is 464 g/mol. The second-order valence-corrected chi connectivity index (χ2v) is 9.13. The fourth-order valence-corrected chi connectivity index (χ4v) is 4.53. The predicted octanol–water partition coefficient (Wildman–Crippen LogP) is 4.72. The first kappa shape index (κ1) is 22.7. The molecule has 4 aromatic rings. The quantitative estimate of drug-likeness (QED) is 0.342. The van der Waals surface area contributed by atoms with Crippen LogP contribution in [-0.2, 0) is 21.4 Å². The lowest BCUT2D eigenvalue weighted by atomic mass is 10.2. The molecule has 0 aliphatic heterocycles. The second-order valence-electron chi connectivity index (χ2n) is 7.48. The van der Waals surface area contributed by atoms with Gasteiger partial charge >= 0.3 is 0 Å². The number of rotatable bonds is 10. The van der Waals surface area contributed by atoms with Crippen LogP contribution in [0.5, 0.6) is 5.88 Å². The minimum absolute atomic E-state index is 0.0576. The number of nitrogens with one attached hydrogen (secondary N) is 1. The van der Waals surface area contributed by atoms with Gasteiger partial charge < -0.3 is 9.47 Å². The van der Waals surface area contributed by atoms with Crippen molar-refractivity contribution in [3.8, 4) is 5.88 Å². The molecule has 8 heteroatoms. The van der Waals surface area contributed by atoms with Gasteiger partial charge in [-0.25, -0.2) is 18.4 Å². The van der Waals surface area contributed by atoms with Crippen molar-refractivity contribution in [2.75, 3.05) is 17.9 Å². The second kappa shape index (κ2) is 10.4. The number of fused-ring (bicyclic) bond motifs is 1. The highest BCUT2D eigenvalue weighted by atomic mass is 32.2.